The van der Waals surface area contributed by atoms with Gasteiger partial charge in [-0.25, -0.2) is 14.0 Å². The van der Waals surface area contributed by atoms with Crippen LogP contribution in [-0.4, -0.2) is 41.0 Å². The van der Waals surface area contributed by atoms with E-state index in [1.165, 1.54) is 30.1 Å². The SMILES string of the molecule is CN(Cc1cccc(F)c1)C(=O)N[C@@H](CC(N)=O)C(=O)O. The average molecular weight is 297 g/mol. The van der Waals surface area contributed by atoms with Gasteiger partial charge < -0.3 is 21.1 Å². The number of aliphatic carboxylic acids is 1. The van der Waals surface area contributed by atoms with Gasteiger partial charge in [0.25, 0.3) is 0 Å². The molecule has 0 saturated carbocycles. The van der Waals surface area contributed by atoms with Gasteiger partial charge in [0.05, 0.1) is 6.42 Å². The monoisotopic (exact) mass is 297 g/mol. The summed E-state index contributed by atoms with van der Waals surface area (Å²) in [6, 6.07) is 3.57. The highest BCUT2D eigenvalue weighted by Crippen LogP contribution is 2.06. The minimum Gasteiger partial charge on any atom is -0.480 e. The summed E-state index contributed by atoms with van der Waals surface area (Å²) >= 11 is 0. The second-order valence-corrected chi connectivity index (χ2v) is 4.50. The van der Waals surface area contributed by atoms with Crippen molar-refractivity contribution in [2.75, 3.05) is 7.05 Å². The Morgan fingerprint density at radius 3 is 2.62 bits per heavy atom. The number of hydrogen-bond acceptors (Lipinski definition) is 3. The maximum Gasteiger partial charge on any atom is 0.326 e. The molecule has 4 N–H and O–H groups in total. The van der Waals surface area contributed by atoms with Gasteiger partial charge in [0.15, 0.2) is 0 Å². The van der Waals surface area contributed by atoms with E-state index < -0.39 is 36.2 Å². The molecule has 0 radical (unpaired) electrons. The molecule has 0 spiro atoms. The van der Waals surface area contributed by atoms with Crippen molar-refractivity contribution in [3.05, 3.63) is 35.6 Å². The number of nitrogens with one attached hydrogen (secondary N) is 1. The van der Waals surface area contributed by atoms with E-state index in [0.29, 0.717) is 5.56 Å². The van der Waals surface area contributed by atoms with Crippen LogP contribution in [0.5, 0.6) is 0 Å². The van der Waals surface area contributed by atoms with Gasteiger partial charge in [0.1, 0.15) is 11.9 Å². The number of benzene rings is 1. The van der Waals surface area contributed by atoms with Crippen molar-refractivity contribution >= 4 is 17.9 Å². The Hall–Kier alpha value is -2.64. The number of carbonyl (C=O) groups is 3. The maximum absolute atomic E-state index is 13.0. The van der Waals surface area contributed by atoms with Crippen molar-refractivity contribution in [2.45, 2.75) is 19.0 Å². The molecule has 0 aromatic heterocycles. The smallest absolute Gasteiger partial charge is 0.326 e. The zero-order valence-corrected chi connectivity index (χ0v) is 11.4. The van der Waals surface area contributed by atoms with Crippen LogP contribution in [0.4, 0.5) is 9.18 Å². The van der Waals surface area contributed by atoms with E-state index >= 15 is 0 Å². The lowest BCUT2D eigenvalue weighted by Gasteiger charge is -2.21. The number of primary amides is 1. The number of carbonyl (C=O) groups excluding carboxylic acids is 2. The fraction of sp³-hybridized carbons (Fsp3) is 0.308. The van der Waals surface area contributed by atoms with Crippen LogP contribution in [0, 0.1) is 5.82 Å². The Labute approximate surface area is 120 Å². The summed E-state index contributed by atoms with van der Waals surface area (Å²) in [6.07, 6.45) is -0.505. The fourth-order valence-electron chi connectivity index (χ4n) is 1.64. The number of carboxylic acid groups (broad SMARTS) is 1. The third-order valence-corrected chi connectivity index (χ3v) is 2.66. The zero-order chi connectivity index (χ0) is 16.0. The van der Waals surface area contributed by atoms with Crippen molar-refractivity contribution < 1.29 is 23.9 Å². The highest BCUT2D eigenvalue weighted by molar-refractivity contribution is 5.87. The van der Waals surface area contributed by atoms with Crippen molar-refractivity contribution in [1.29, 1.82) is 0 Å². The molecule has 0 bridgehead atoms. The number of rotatable bonds is 6. The Kier molecular flexibility index (Phi) is 5.65. The number of amides is 3. The van der Waals surface area contributed by atoms with Crippen LogP contribution in [0.3, 0.4) is 0 Å². The molecule has 1 rings (SSSR count). The molecule has 0 heterocycles. The fourth-order valence-corrected chi connectivity index (χ4v) is 1.64. The summed E-state index contributed by atoms with van der Waals surface area (Å²) in [5.74, 6) is -2.63. The number of urea groups is 1. The lowest BCUT2D eigenvalue weighted by molar-refractivity contribution is -0.140. The van der Waals surface area contributed by atoms with E-state index in [9.17, 15) is 18.8 Å². The first-order chi connectivity index (χ1) is 9.79. The summed E-state index contributed by atoms with van der Waals surface area (Å²) in [5, 5.41) is 11.1. The quantitative estimate of drug-likeness (QED) is 0.700. The summed E-state index contributed by atoms with van der Waals surface area (Å²) < 4.78 is 13.0. The third-order valence-electron chi connectivity index (χ3n) is 2.66. The predicted octanol–water partition coefficient (Wildman–Crippen LogP) is 0.296. The molecule has 114 valence electrons. The molecule has 1 aromatic carbocycles. The van der Waals surface area contributed by atoms with Crippen LogP contribution < -0.4 is 11.1 Å². The van der Waals surface area contributed by atoms with Crippen LogP contribution >= 0.6 is 0 Å². The molecule has 0 aliphatic carbocycles. The third kappa shape index (κ3) is 5.47. The topological polar surface area (TPSA) is 113 Å². The van der Waals surface area contributed by atoms with Crippen LogP contribution in [0.2, 0.25) is 0 Å². The van der Waals surface area contributed by atoms with Crippen molar-refractivity contribution in [2.24, 2.45) is 5.73 Å². The van der Waals surface area contributed by atoms with E-state index in [1.54, 1.807) is 6.07 Å². The number of nitrogens with two attached hydrogens (primary N) is 1. The van der Waals surface area contributed by atoms with Gasteiger partial charge in [0.2, 0.25) is 5.91 Å². The zero-order valence-electron chi connectivity index (χ0n) is 11.4. The Morgan fingerprint density at radius 2 is 2.10 bits per heavy atom. The van der Waals surface area contributed by atoms with Gasteiger partial charge in [-0.2, -0.15) is 0 Å². The largest absolute Gasteiger partial charge is 0.480 e. The van der Waals surface area contributed by atoms with E-state index in [4.69, 9.17) is 10.8 Å². The molecule has 3 amide bonds. The predicted molar refractivity (Wildman–Crippen MR) is 71.6 cm³/mol. The summed E-state index contributed by atoms with van der Waals surface area (Å²) in [4.78, 5) is 34.7. The normalized spacial score (nSPS) is 11.5. The van der Waals surface area contributed by atoms with Crippen molar-refractivity contribution in [3.8, 4) is 0 Å². The van der Waals surface area contributed by atoms with Crippen LogP contribution in [0.15, 0.2) is 24.3 Å². The highest BCUT2D eigenvalue weighted by Gasteiger charge is 2.23. The van der Waals surface area contributed by atoms with Gasteiger partial charge in [-0.1, -0.05) is 12.1 Å². The molecule has 0 unspecified atom stereocenters. The number of nitrogens with zero attached hydrogens (tertiary/aromatic N) is 1. The van der Waals surface area contributed by atoms with Crippen molar-refractivity contribution in [1.82, 2.24) is 10.2 Å². The molecule has 7 nitrogen and oxygen atoms in total. The Morgan fingerprint density at radius 1 is 1.43 bits per heavy atom. The van der Waals surface area contributed by atoms with Gasteiger partial charge in [0, 0.05) is 13.6 Å². The molecular weight excluding hydrogens is 281 g/mol. The lowest BCUT2D eigenvalue weighted by atomic mass is 10.2. The molecule has 21 heavy (non-hydrogen) atoms. The number of halogens is 1. The minimum atomic E-state index is -1.40. The van der Waals surface area contributed by atoms with E-state index in [-0.39, 0.29) is 6.54 Å². The first kappa shape index (κ1) is 16.4. The first-order valence-electron chi connectivity index (χ1n) is 6.06. The number of hydrogen-bond donors (Lipinski definition) is 3. The summed E-state index contributed by atoms with van der Waals surface area (Å²) in [5.41, 5.74) is 5.46. The molecule has 1 atom stereocenters. The van der Waals surface area contributed by atoms with Crippen molar-refractivity contribution in [3.63, 3.8) is 0 Å². The lowest BCUT2D eigenvalue weighted by Crippen LogP contribution is -2.48. The minimum absolute atomic E-state index is 0.0898. The second kappa shape index (κ2) is 7.22. The Bertz CT molecular complexity index is 550. The first-order valence-corrected chi connectivity index (χ1v) is 6.06. The van der Waals surface area contributed by atoms with Gasteiger partial charge >= 0.3 is 12.0 Å². The van der Waals surface area contributed by atoms with Gasteiger partial charge in [-0.3, -0.25) is 4.79 Å². The van der Waals surface area contributed by atoms with Crippen LogP contribution in [0.25, 0.3) is 0 Å². The van der Waals surface area contributed by atoms with Crippen LogP contribution in [-0.2, 0) is 16.1 Å². The maximum atomic E-state index is 13.0. The molecule has 0 aliphatic heterocycles. The Balaban J connectivity index is 2.64. The highest BCUT2D eigenvalue weighted by atomic mass is 19.1. The molecule has 0 fully saturated rings. The van der Waals surface area contributed by atoms with E-state index in [2.05, 4.69) is 5.32 Å². The standard InChI is InChI=1S/C13H16FN3O4/c1-17(7-8-3-2-4-9(14)5-8)13(21)16-10(12(19)20)6-11(15)18/h2-5,10H,6-7H2,1H3,(H2,15,18)(H,16,21)(H,19,20)/t10-/m0/s1. The summed E-state index contributed by atoms with van der Waals surface area (Å²) in [6.45, 7) is 0.0898. The second-order valence-electron chi connectivity index (χ2n) is 4.50. The van der Waals surface area contributed by atoms with Gasteiger partial charge in [-0.05, 0) is 17.7 Å². The molecular formula is C13H16FN3O4. The summed E-state index contributed by atoms with van der Waals surface area (Å²) in [7, 11) is 1.42. The molecule has 0 saturated heterocycles. The van der Waals surface area contributed by atoms with Crippen LogP contribution in [0.1, 0.15) is 12.0 Å². The number of carboxylic acids is 1. The van der Waals surface area contributed by atoms with E-state index in [0.717, 1.165) is 0 Å². The average Bonchev–Trinajstić information content (AvgIpc) is 2.37. The molecule has 8 heteroatoms. The van der Waals surface area contributed by atoms with Gasteiger partial charge in [-0.15, -0.1) is 0 Å². The molecule has 0 aliphatic rings. The molecule has 1 aromatic rings. The van der Waals surface area contributed by atoms with E-state index in [1.807, 2.05) is 0 Å².